The topological polar surface area (TPSA) is 65.1 Å². The number of ether oxygens (including phenoxy) is 3. The summed E-state index contributed by atoms with van der Waals surface area (Å²) in [5.41, 5.74) is 5.68. The summed E-state index contributed by atoms with van der Waals surface area (Å²) in [5, 5.41) is 2.34. The van der Waals surface area contributed by atoms with Crippen molar-refractivity contribution in [3.05, 3.63) is 91.8 Å². The van der Waals surface area contributed by atoms with Crippen LogP contribution >= 0.6 is 22.6 Å². The van der Waals surface area contributed by atoms with Gasteiger partial charge in [-0.15, -0.1) is 0 Å². The van der Waals surface area contributed by atoms with Gasteiger partial charge in [-0.1, -0.05) is 42.5 Å². The number of nitrogens with zero attached hydrogens (tertiary/aromatic N) is 1. The number of fused-ring (bicyclic) bond motifs is 1. The van der Waals surface area contributed by atoms with Gasteiger partial charge in [0.15, 0.2) is 23.1 Å². The maximum atomic E-state index is 13.6. The number of benzene rings is 3. The summed E-state index contributed by atoms with van der Waals surface area (Å²) in [6.45, 7) is 4.01. The number of hydrogen-bond donors (Lipinski definition) is 0. The second-order valence-corrected chi connectivity index (χ2v) is 12.2. The van der Waals surface area contributed by atoms with Crippen LogP contribution in [0.1, 0.15) is 62.5 Å². The van der Waals surface area contributed by atoms with Gasteiger partial charge in [-0.3, -0.25) is 9.59 Å². The molecule has 3 aliphatic rings. The van der Waals surface area contributed by atoms with Crippen LogP contribution in [0.15, 0.2) is 77.1 Å². The Balaban J connectivity index is 1.43. The largest absolute Gasteiger partial charge is 0.490 e. The van der Waals surface area contributed by atoms with E-state index in [1.807, 2.05) is 25.1 Å². The number of carbonyl (C=O) groups is 2. The molecule has 0 atom stereocenters. The van der Waals surface area contributed by atoms with Crippen LogP contribution in [0.4, 0.5) is 0 Å². The number of allylic oxidation sites excluding steroid dienone is 4. The third-order valence-corrected chi connectivity index (χ3v) is 9.32. The van der Waals surface area contributed by atoms with E-state index in [4.69, 9.17) is 14.2 Å². The molecule has 0 radical (unpaired) electrons. The molecule has 218 valence electrons. The molecule has 0 bridgehead atoms. The van der Waals surface area contributed by atoms with Gasteiger partial charge in [0.05, 0.1) is 16.8 Å². The van der Waals surface area contributed by atoms with E-state index < -0.39 is 5.92 Å². The highest BCUT2D eigenvalue weighted by atomic mass is 127. The number of rotatable bonds is 9. The third-order valence-electron chi connectivity index (χ3n) is 8.52. The molecule has 1 aliphatic heterocycles. The molecule has 6 nitrogen and oxygen atoms in total. The zero-order valence-electron chi connectivity index (χ0n) is 24.2. The van der Waals surface area contributed by atoms with Gasteiger partial charge in [0.2, 0.25) is 0 Å². The Bertz CT molecular complexity index is 1560. The predicted molar refractivity (Wildman–Crippen MR) is 172 cm³/mol. The maximum Gasteiger partial charge on any atom is 0.174 e. The molecule has 0 fully saturated rings. The number of carbonyl (C=O) groups excluding carboxylic acids is 2. The molecule has 3 aromatic carbocycles. The summed E-state index contributed by atoms with van der Waals surface area (Å²) in [7, 11) is 1.69. The summed E-state index contributed by atoms with van der Waals surface area (Å²) < 4.78 is 19.0. The predicted octanol–water partition coefficient (Wildman–Crippen LogP) is 7.48. The Labute approximate surface area is 260 Å². The van der Waals surface area contributed by atoms with E-state index in [0.29, 0.717) is 50.7 Å². The molecule has 3 aromatic rings. The molecule has 0 unspecified atom stereocenters. The summed E-state index contributed by atoms with van der Waals surface area (Å²) in [5.74, 6) is 1.20. The molecular formula is C35H36INO5. The summed E-state index contributed by atoms with van der Waals surface area (Å²) in [6.07, 6.45) is 4.32. The highest BCUT2D eigenvalue weighted by molar-refractivity contribution is 14.1. The van der Waals surface area contributed by atoms with Crippen molar-refractivity contribution in [3.8, 4) is 11.5 Å². The van der Waals surface area contributed by atoms with Gasteiger partial charge in [-0.2, -0.15) is 0 Å². The first-order chi connectivity index (χ1) is 20.5. The molecule has 7 heteroatoms. The monoisotopic (exact) mass is 677 g/mol. The molecule has 6 rings (SSSR count). The normalized spacial score (nSPS) is 17.5. The molecule has 0 saturated carbocycles. The van der Waals surface area contributed by atoms with E-state index in [9.17, 15) is 9.59 Å². The lowest BCUT2D eigenvalue weighted by atomic mass is 9.71. The number of Topliss-reactive ketones (excluding diaryl/α,β-unsaturated/α-hetero) is 2. The molecule has 0 saturated heterocycles. The lowest BCUT2D eigenvalue weighted by Gasteiger charge is -2.44. The molecule has 0 amide bonds. The molecule has 2 aliphatic carbocycles. The van der Waals surface area contributed by atoms with E-state index in [1.54, 1.807) is 7.11 Å². The lowest BCUT2D eigenvalue weighted by molar-refractivity contribution is -0.117. The van der Waals surface area contributed by atoms with Gasteiger partial charge < -0.3 is 19.1 Å². The van der Waals surface area contributed by atoms with Crippen molar-refractivity contribution in [2.45, 2.75) is 58.0 Å². The Hall–Kier alpha value is -3.17. The second-order valence-electron chi connectivity index (χ2n) is 11.0. The van der Waals surface area contributed by atoms with Gasteiger partial charge >= 0.3 is 0 Å². The van der Waals surface area contributed by atoms with Crippen molar-refractivity contribution in [1.82, 2.24) is 4.90 Å². The Morgan fingerprint density at radius 1 is 0.881 bits per heavy atom. The van der Waals surface area contributed by atoms with Crippen molar-refractivity contribution in [2.75, 3.05) is 26.9 Å². The van der Waals surface area contributed by atoms with Crippen LogP contribution in [0.2, 0.25) is 0 Å². The zero-order chi connectivity index (χ0) is 29.2. The first-order valence-electron chi connectivity index (χ1n) is 14.9. The quantitative estimate of drug-likeness (QED) is 0.219. The van der Waals surface area contributed by atoms with Crippen LogP contribution in [0.3, 0.4) is 0 Å². The van der Waals surface area contributed by atoms with Crippen molar-refractivity contribution in [2.24, 2.45) is 0 Å². The minimum Gasteiger partial charge on any atom is -0.490 e. The average Bonchev–Trinajstić information content (AvgIpc) is 2.99. The van der Waals surface area contributed by atoms with E-state index in [2.05, 4.69) is 63.9 Å². The van der Waals surface area contributed by atoms with Crippen LogP contribution in [0, 0.1) is 3.57 Å². The lowest BCUT2D eigenvalue weighted by Crippen LogP contribution is -2.40. The molecule has 0 N–H and O–H groups in total. The van der Waals surface area contributed by atoms with Crippen LogP contribution in [0.25, 0.3) is 10.8 Å². The fourth-order valence-electron chi connectivity index (χ4n) is 6.73. The summed E-state index contributed by atoms with van der Waals surface area (Å²) in [4.78, 5) is 29.5. The molecule has 0 spiro atoms. The highest BCUT2D eigenvalue weighted by Crippen LogP contribution is 2.50. The summed E-state index contributed by atoms with van der Waals surface area (Å²) in [6, 6.07) is 18.6. The number of methoxy groups -OCH3 is 1. The number of ketones is 2. The third kappa shape index (κ3) is 5.37. The van der Waals surface area contributed by atoms with Crippen molar-refractivity contribution >= 4 is 44.9 Å². The summed E-state index contributed by atoms with van der Waals surface area (Å²) >= 11 is 2.30. The number of halogens is 1. The standard InChI is InChI=1S/C35H36INO5/c1-3-41-31-20-24(19-26(36)35(31)42-21-23-11-6-10-22-9-4-5-12-25(22)23)32-33-27(13-7-15-29(33)38)37(17-18-40-2)28-14-8-16-30(39)34(28)32/h4-6,9-12,19-20,32H,3,7-8,13-18,21H2,1-2H3. The van der Waals surface area contributed by atoms with Gasteiger partial charge in [0.25, 0.3) is 0 Å². The minimum atomic E-state index is -0.394. The van der Waals surface area contributed by atoms with E-state index in [1.165, 1.54) is 5.39 Å². The fourth-order valence-corrected chi connectivity index (χ4v) is 7.51. The van der Waals surface area contributed by atoms with Crippen molar-refractivity contribution in [1.29, 1.82) is 0 Å². The average molecular weight is 678 g/mol. The van der Waals surface area contributed by atoms with Crippen LogP contribution in [0.5, 0.6) is 11.5 Å². The Morgan fingerprint density at radius 2 is 1.57 bits per heavy atom. The maximum absolute atomic E-state index is 13.6. The van der Waals surface area contributed by atoms with Crippen LogP contribution in [-0.2, 0) is 20.9 Å². The van der Waals surface area contributed by atoms with E-state index in [-0.39, 0.29) is 11.6 Å². The zero-order valence-corrected chi connectivity index (χ0v) is 26.4. The van der Waals surface area contributed by atoms with Gasteiger partial charge in [-0.25, -0.2) is 0 Å². The minimum absolute atomic E-state index is 0.137. The molecular weight excluding hydrogens is 641 g/mol. The molecule has 42 heavy (non-hydrogen) atoms. The number of hydrogen-bond acceptors (Lipinski definition) is 6. The van der Waals surface area contributed by atoms with E-state index >= 15 is 0 Å². The van der Waals surface area contributed by atoms with Crippen LogP contribution < -0.4 is 9.47 Å². The van der Waals surface area contributed by atoms with Crippen molar-refractivity contribution < 1.29 is 23.8 Å². The van der Waals surface area contributed by atoms with Gasteiger partial charge in [0.1, 0.15) is 6.61 Å². The molecule has 1 heterocycles. The smallest absolute Gasteiger partial charge is 0.174 e. The fraction of sp³-hybridized carbons (Fsp3) is 0.371. The Morgan fingerprint density at radius 3 is 2.26 bits per heavy atom. The van der Waals surface area contributed by atoms with Crippen molar-refractivity contribution in [3.63, 3.8) is 0 Å². The van der Waals surface area contributed by atoms with E-state index in [0.717, 1.165) is 68.3 Å². The second kappa shape index (κ2) is 12.6. The van der Waals surface area contributed by atoms with Gasteiger partial charge in [-0.05, 0) is 89.2 Å². The SMILES string of the molecule is CCOc1cc(C2C3=C(CCCC3=O)N(CCOC)C3=C2C(=O)CCC3)cc(I)c1OCc1cccc2ccccc12. The first-order valence-corrected chi connectivity index (χ1v) is 15.9. The molecule has 0 aromatic heterocycles. The van der Waals surface area contributed by atoms with Gasteiger partial charge in [0, 0.05) is 55.0 Å². The first kappa shape index (κ1) is 28.9. The highest BCUT2D eigenvalue weighted by Gasteiger charge is 2.43. The van der Waals surface area contributed by atoms with Crippen LogP contribution in [-0.4, -0.2) is 43.3 Å². The Kier molecular flexibility index (Phi) is 8.67.